The summed E-state index contributed by atoms with van der Waals surface area (Å²) >= 11 is 0. The fraction of sp³-hybridized carbons (Fsp3) is 0.818. The van der Waals surface area contributed by atoms with Crippen LogP contribution in [-0.2, 0) is 14.3 Å². The van der Waals surface area contributed by atoms with Crippen LogP contribution in [0.2, 0.25) is 0 Å². The van der Waals surface area contributed by atoms with Gasteiger partial charge in [-0.2, -0.15) is 0 Å². The number of nitrogens with one attached hydrogen (secondary N) is 1. The predicted molar refractivity (Wildman–Crippen MR) is 63.6 cm³/mol. The molecule has 0 fully saturated rings. The average molecular weight is 246 g/mol. The molecule has 1 unspecified atom stereocenters. The number of nitrogens with two attached hydrogens (primary N) is 1. The number of carbonyl (C=O) groups is 2. The number of carboxylic acid groups (broad SMARTS) is 1. The lowest BCUT2D eigenvalue weighted by atomic mass is 10.1. The lowest BCUT2D eigenvalue weighted by molar-refractivity contribution is -0.142. The Morgan fingerprint density at radius 2 is 2.06 bits per heavy atom. The van der Waals surface area contributed by atoms with Gasteiger partial charge in [-0.1, -0.05) is 13.3 Å². The highest BCUT2D eigenvalue weighted by Crippen LogP contribution is 2.00. The molecule has 0 aliphatic heterocycles. The molecule has 0 aromatic rings. The largest absolute Gasteiger partial charge is 0.480 e. The molecular weight excluding hydrogens is 224 g/mol. The summed E-state index contributed by atoms with van der Waals surface area (Å²) in [4.78, 5) is 22.4. The summed E-state index contributed by atoms with van der Waals surface area (Å²) < 4.78 is 4.85. The van der Waals surface area contributed by atoms with Crippen molar-refractivity contribution < 1.29 is 19.4 Å². The summed E-state index contributed by atoms with van der Waals surface area (Å²) in [5.74, 6) is -1.44. The Kier molecular flexibility index (Phi) is 8.35. The summed E-state index contributed by atoms with van der Waals surface area (Å²) in [6.07, 6.45) is 2.26. The van der Waals surface area contributed by atoms with Crippen molar-refractivity contribution in [3.63, 3.8) is 0 Å². The van der Waals surface area contributed by atoms with E-state index >= 15 is 0 Å². The SMILES string of the molecule is CCC[C@@H](NC(=O)C(N)CCCOC)C(=O)O. The van der Waals surface area contributed by atoms with E-state index in [0.717, 1.165) is 0 Å². The number of hydrogen-bond donors (Lipinski definition) is 3. The number of aliphatic carboxylic acids is 1. The second-order valence-corrected chi connectivity index (χ2v) is 3.93. The minimum Gasteiger partial charge on any atom is -0.480 e. The lowest BCUT2D eigenvalue weighted by Crippen LogP contribution is -2.48. The second kappa shape index (κ2) is 8.95. The molecule has 17 heavy (non-hydrogen) atoms. The van der Waals surface area contributed by atoms with Crippen LogP contribution < -0.4 is 11.1 Å². The van der Waals surface area contributed by atoms with Crippen molar-refractivity contribution in [3.8, 4) is 0 Å². The third-order valence-electron chi connectivity index (χ3n) is 2.39. The molecule has 0 aromatic carbocycles. The zero-order valence-electron chi connectivity index (χ0n) is 10.4. The van der Waals surface area contributed by atoms with Crippen LogP contribution in [0.25, 0.3) is 0 Å². The molecular formula is C11H22N2O4. The Hall–Kier alpha value is -1.14. The minimum atomic E-state index is -1.02. The second-order valence-electron chi connectivity index (χ2n) is 3.93. The lowest BCUT2D eigenvalue weighted by Gasteiger charge is -2.17. The first-order valence-corrected chi connectivity index (χ1v) is 5.80. The number of amides is 1. The summed E-state index contributed by atoms with van der Waals surface area (Å²) in [5, 5.41) is 11.3. The highest BCUT2D eigenvalue weighted by molar-refractivity contribution is 5.86. The van der Waals surface area contributed by atoms with Crippen molar-refractivity contribution in [1.29, 1.82) is 0 Å². The average Bonchev–Trinajstić information content (AvgIpc) is 2.28. The molecule has 6 heteroatoms. The van der Waals surface area contributed by atoms with E-state index in [-0.39, 0.29) is 0 Å². The fourth-order valence-corrected chi connectivity index (χ4v) is 1.40. The molecule has 0 saturated carbocycles. The summed E-state index contributed by atoms with van der Waals surface area (Å²) in [6, 6.07) is -1.52. The van der Waals surface area contributed by atoms with Crippen molar-refractivity contribution in [2.24, 2.45) is 5.73 Å². The van der Waals surface area contributed by atoms with Crippen LogP contribution in [0.3, 0.4) is 0 Å². The van der Waals surface area contributed by atoms with Gasteiger partial charge in [-0.25, -0.2) is 4.79 Å². The maximum Gasteiger partial charge on any atom is 0.326 e. The first kappa shape index (κ1) is 15.9. The molecule has 0 spiro atoms. The molecule has 2 atom stereocenters. The van der Waals surface area contributed by atoms with Crippen molar-refractivity contribution in [2.45, 2.75) is 44.7 Å². The number of carbonyl (C=O) groups excluding carboxylic acids is 1. The van der Waals surface area contributed by atoms with Gasteiger partial charge in [-0.15, -0.1) is 0 Å². The van der Waals surface area contributed by atoms with Gasteiger partial charge in [0.25, 0.3) is 0 Å². The third-order valence-corrected chi connectivity index (χ3v) is 2.39. The molecule has 0 bridgehead atoms. The normalized spacial score (nSPS) is 14.1. The molecule has 0 aromatic heterocycles. The highest BCUT2D eigenvalue weighted by Gasteiger charge is 2.21. The van der Waals surface area contributed by atoms with Crippen LogP contribution >= 0.6 is 0 Å². The van der Waals surface area contributed by atoms with E-state index in [2.05, 4.69) is 5.32 Å². The Labute approximate surface area is 102 Å². The number of methoxy groups -OCH3 is 1. The third kappa shape index (κ3) is 6.91. The first-order valence-electron chi connectivity index (χ1n) is 5.80. The van der Waals surface area contributed by atoms with E-state index in [1.54, 1.807) is 7.11 Å². The zero-order chi connectivity index (χ0) is 13.3. The van der Waals surface area contributed by atoms with Gasteiger partial charge in [0.05, 0.1) is 6.04 Å². The van der Waals surface area contributed by atoms with E-state index < -0.39 is 24.0 Å². The topological polar surface area (TPSA) is 102 Å². The summed E-state index contributed by atoms with van der Waals surface area (Å²) in [6.45, 7) is 2.40. The van der Waals surface area contributed by atoms with Crippen LogP contribution in [0.5, 0.6) is 0 Å². The molecule has 0 rings (SSSR count). The van der Waals surface area contributed by atoms with E-state index in [1.807, 2.05) is 6.92 Å². The maximum atomic E-state index is 11.6. The molecule has 0 aliphatic rings. The van der Waals surface area contributed by atoms with Crippen molar-refractivity contribution >= 4 is 11.9 Å². The van der Waals surface area contributed by atoms with Gasteiger partial charge in [-0.05, 0) is 19.3 Å². The van der Waals surface area contributed by atoms with Crippen molar-refractivity contribution in [1.82, 2.24) is 5.32 Å². The van der Waals surface area contributed by atoms with Gasteiger partial charge in [0.15, 0.2) is 0 Å². The Morgan fingerprint density at radius 1 is 1.41 bits per heavy atom. The molecule has 100 valence electrons. The number of carboxylic acids is 1. The van der Waals surface area contributed by atoms with Gasteiger partial charge in [0.1, 0.15) is 6.04 Å². The smallest absolute Gasteiger partial charge is 0.326 e. The number of hydrogen-bond acceptors (Lipinski definition) is 4. The molecule has 4 N–H and O–H groups in total. The molecule has 0 heterocycles. The van der Waals surface area contributed by atoms with Crippen LogP contribution in [0, 0.1) is 0 Å². The fourth-order valence-electron chi connectivity index (χ4n) is 1.40. The summed E-state index contributed by atoms with van der Waals surface area (Å²) in [7, 11) is 1.58. The summed E-state index contributed by atoms with van der Waals surface area (Å²) in [5.41, 5.74) is 5.64. The Balaban J connectivity index is 4.06. The predicted octanol–water partition coefficient (Wildman–Crippen LogP) is 0.110. The van der Waals surface area contributed by atoms with Gasteiger partial charge >= 0.3 is 5.97 Å². The molecule has 0 saturated heterocycles. The first-order chi connectivity index (χ1) is 8.02. The van der Waals surface area contributed by atoms with E-state index in [0.29, 0.717) is 32.3 Å². The molecule has 0 radical (unpaired) electrons. The zero-order valence-corrected chi connectivity index (χ0v) is 10.4. The maximum absolute atomic E-state index is 11.6. The van der Waals surface area contributed by atoms with Gasteiger partial charge in [-0.3, -0.25) is 4.79 Å². The van der Waals surface area contributed by atoms with Crippen LogP contribution in [0.1, 0.15) is 32.6 Å². The molecule has 1 amide bonds. The van der Waals surface area contributed by atoms with Crippen LogP contribution in [-0.4, -0.2) is 42.8 Å². The van der Waals surface area contributed by atoms with Gasteiger partial charge in [0, 0.05) is 13.7 Å². The number of ether oxygens (including phenoxy) is 1. The van der Waals surface area contributed by atoms with E-state index in [4.69, 9.17) is 15.6 Å². The van der Waals surface area contributed by atoms with Gasteiger partial charge < -0.3 is 20.9 Å². The van der Waals surface area contributed by atoms with Crippen molar-refractivity contribution in [2.75, 3.05) is 13.7 Å². The van der Waals surface area contributed by atoms with Crippen LogP contribution in [0.15, 0.2) is 0 Å². The Morgan fingerprint density at radius 3 is 2.53 bits per heavy atom. The minimum absolute atomic E-state index is 0.409. The highest BCUT2D eigenvalue weighted by atomic mass is 16.5. The van der Waals surface area contributed by atoms with E-state index in [9.17, 15) is 9.59 Å². The van der Waals surface area contributed by atoms with Crippen LogP contribution in [0.4, 0.5) is 0 Å². The quantitative estimate of drug-likeness (QED) is 0.501. The molecule has 6 nitrogen and oxygen atoms in total. The van der Waals surface area contributed by atoms with E-state index in [1.165, 1.54) is 0 Å². The standard InChI is InChI=1S/C11H22N2O4/c1-3-5-9(11(15)16)13-10(14)8(12)6-4-7-17-2/h8-9H,3-7,12H2,1-2H3,(H,13,14)(H,15,16)/t8?,9-/m1/s1. The van der Waals surface area contributed by atoms with Gasteiger partial charge in [0.2, 0.25) is 5.91 Å². The monoisotopic (exact) mass is 246 g/mol. The molecule has 0 aliphatic carbocycles. The number of rotatable bonds is 9. The Bertz CT molecular complexity index is 246. The van der Waals surface area contributed by atoms with Crippen molar-refractivity contribution in [3.05, 3.63) is 0 Å².